The van der Waals surface area contributed by atoms with Crippen molar-refractivity contribution in [3.63, 3.8) is 0 Å². The van der Waals surface area contributed by atoms with Gasteiger partial charge in [-0.3, -0.25) is 4.79 Å². The predicted molar refractivity (Wildman–Crippen MR) is 122 cm³/mol. The summed E-state index contributed by atoms with van der Waals surface area (Å²) < 4.78 is 17.8. The fourth-order valence-corrected chi connectivity index (χ4v) is 3.96. The number of anilines is 1. The third-order valence-electron chi connectivity index (χ3n) is 4.44. The Morgan fingerprint density at radius 3 is 2.55 bits per heavy atom. The van der Waals surface area contributed by atoms with Crippen LogP contribution in [-0.2, 0) is 11.3 Å². The fraction of sp³-hybridized carbons (Fsp3) is 0.286. The highest BCUT2D eigenvalue weighted by Gasteiger charge is 2.17. The van der Waals surface area contributed by atoms with E-state index in [0.717, 1.165) is 11.3 Å². The summed E-state index contributed by atoms with van der Waals surface area (Å²) in [5, 5.41) is 12.4. The number of methoxy groups -OCH3 is 3. The van der Waals surface area contributed by atoms with Crippen molar-refractivity contribution in [3.05, 3.63) is 41.4 Å². The molecular weight excluding hydrogens is 440 g/mol. The molecule has 31 heavy (non-hydrogen) atoms. The highest BCUT2D eigenvalue weighted by molar-refractivity contribution is 7.99. The lowest BCUT2D eigenvalue weighted by Crippen LogP contribution is -2.15. The summed E-state index contributed by atoms with van der Waals surface area (Å²) in [5.74, 6) is 2.27. The van der Waals surface area contributed by atoms with Crippen LogP contribution in [0, 0.1) is 0 Å². The lowest BCUT2D eigenvalue weighted by molar-refractivity contribution is -0.113. The maximum Gasteiger partial charge on any atom is 0.234 e. The number of rotatable bonds is 9. The van der Waals surface area contributed by atoms with Crippen LogP contribution in [0.2, 0.25) is 5.02 Å². The molecule has 3 rings (SSSR count). The van der Waals surface area contributed by atoms with Crippen LogP contribution in [0.3, 0.4) is 0 Å². The van der Waals surface area contributed by atoms with E-state index in [-0.39, 0.29) is 11.7 Å². The van der Waals surface area contributed by atoms with E-state index in [4.69, 9.17) is 25.8 Å². The molecule has 0 saturated heterocycles. The first-order valence-electron chi connectivity index (χ1n) is 9.42. The number of carbonyl (C=O) groups excluding carboxylic acids is 1. The molecule has 1 heterocycles. The minimum absolute atomic E-state index is 0.143. The third kappa shape index (κ3) is 5.23. The van der Waals surface area contributed by atoms with E-state index >= 15 is 0 Å². The van der Waals surface area contributed by atoms with Crippen molar-refractivity contribution in [2.24, 2.45) is 0 Å². The zero-order valence-corrected chi connectivity index (χ0v) is 19.2. The van der Waals surface area contributed by atoms with Crippen LogP contribution >= 0.6 is 23.4 Å². The zero-order chi connectivity index (χ0) is 22.4. The molecule has 0 bridgehead atoms. The Bertz CT molecular complexity index is 1070. The first-order valence-corrected chi connectivity index (χ1v) is 10.8. The first-order chi connectivity index (χ1) is 15.0. The van der Waals surface area contributed by atoms with Crippen molar-refractivity contribution < 1.29 is 19.0 Å². The van der Waals surface area contributed by atoms with Crippen LogP contribution in [0.25, 0.3) is 11.4 Å². The van der Waals surface area contributed by atoms with E-state index in [1.807, 2.05) is 35.8 Å². The molecule has 1 aromatic heterocycles. The summed E-state index contributed by atoms with van der Waals surface area (Å²) in [6.45, 7) is 2.66. The molecule has 1 N–H and O–H groups in total. The number of ether oxygens (including phenoxy) is 3. The molecule has 164 valence electrons. The molecule has 0 unspecified atom stereocenters. The second-order valence-electron chi connectivity index (χ2n) is 6.31. The van der Waals surface area contributed by atoms with Crippen molar-refractivity contribution in [1.82, 2.24) is 14.8 Å². The second-order valence-corrected chi connectivity index (χ2v) is 7.66. The highest BCUT2D eigenvalue weighted by Crippen LogP contribution is 2.36. The Kier molecular flexibility index (Phi) is 7.64. The second kappa shape index (κ2) is 10.4. The van der Waals surface area contributed by atoms with Crippen LogP contribution in [-0.4, -0.2) is 47.8 Å². The van der Waals surface area contributed by atoms with Gasteiger partial charge in [-0.2, -0.15) is 0 Å². The Morgan fingerprint density at radius 2 is 1.87 bits per heavy atom. The Labute approximate surface area is 189 Å². The summed E-state index contributed by atoms with van der Waals surface area (Å²) in [6, 6.07) is 10.8. The van der Waals surface area contributed by atoms with E-state index in [1.54, 1.807) is 19.2 Å². The minimum Gasteiger partial charge on any atom is -0.497 e. The van der Waals surface area contributed by atoms with Gasteiger partial charge in [-0.25, -0.2) is 0 Å². The van der Waals surface area contributed by atoms with Gasteiger partial charge in [0.2, 0.25) is 5.91 Å². The van der Waals surface area contributed by atoms with E-state index in [2.05, 4.69) is 15.5 Å². The van der Waals surface area contributed by atoms with Crippen molar-refractivity contribution >= 4 is 35.0 Å². The SMILES string of the molecule is CCn1c(SCC(=O)Nc2cc(OC)c(Cl)cc2OC)nnc1-c1cccc(OC)c1. The highest BCUT2D eigenvalue weighted by atomic mass is 35.5. The van der Waals surface area contributed by atoms with Gasteiger partial charge < -0.3 is 24.1 Å². The lowest BCUT2D eigenvalue weighted by Gasteiger charge is -2.13. The van der Waals surface area contributed by atoms with Crippen LogP contribution in [0.15, 0.2) is 41.6 Å². The molecule has 0 fully saturated rings. The zero-order valence-electron chi connectivity index (χ0n) is 17.6. The van der Waals surface area contributed by atoms with Gasteiger partial charge in [-0.05, 0) is 19.1 Å². The molecule has 2 aromatic carbocycles. The van der Waals surface area contributed by atoms with Crippen molar-refractivity contribution in [2.45, 2.75) is 18.6 Å². The van der Waals surface area contributed by atoms with E-state index in [1.165, 1.54) is 26.0 Å². The third-order valence-corrected chi connectivity index (χ3v) is 5.70. The number of hydrogen-bond acceptors (Lipinski definition) is 7. The summed E-state index contributed by atoms with van der Waals surface area (Å²) in [4.78, 5) is 12.6. The smallest absolute Gasteiger partial charge is 0.234 e. The molecule has 0 aliphatic rings. The van der Waals surface area contributed by atoms with Gasteiger partial charge in [0.15, 0.2) is 11.0 Å². The van der Waals surface area contributed by atoms with Crippen LogP contribution in [0.5, 0.6) is 17.2 Å². The minimum atomic E-state index is -0.221. The van der Waals surface area contributed by atoms with Crippen LogP contribution in [0.4, 0.5) is 5.69 Å². The summed E-state index contributed by atoms with van der Waals surface area (Å²) >= 11 is 7.41. The van der Waals surface area contributed by atoms with Gasteiger partial charge in [0.25, 0.3) is 0 Å². The molecule has 0 saturated carbocycles. The van der Waals surface area contributed by atoms with Crippen LogP contribution < -0.4 is 19.5 Å². The summed E-state index contributed by atoms with van der Waals surface area (Å²) in [5.41, 5.74) is 1.37. The molecule has 8 nitrogen and oxygen atoms in total. The van der Waals surface area contributed by atoms with Gasteiger partial charge in [0.1, 0.15) is 17.2 Å². The Morgan fingerprint density at radius 1 is 1.10 bits per heavy atom. The van der Waals surface area contributed by atoms with Crippen molar-refractivity contribution in [1.29, 1.82) is 0 Å². The number of halogens is 1. The maximum absolute atomic E-state index is 12.6. The van der Waals surface area contributed by atoms with Gasteiger partial charge in [-0.15, -0.1) is 10.2 Å². The standard InChI is InChI=1S/C21H23ClN4O4S/c1-5-26-20(13-7-6-8-14(9-13)28-2)24-25-21(26)31-12-19(27)23-16-11-17(29-3)15(22)10-18(16)30-4/h6-11H,5,12H2,1-4H3,(H,23,27). The molecular formula is C21H23ClN4O4S. The number of nitrogens with one attached hydrogen (secondary N) is 1. The summed E-state index contributed by atoms with van der Waals surface area (Å²) in [7, 11) is 4.63. The Balaban J connectivity index is 1.73. The monoisotopic (exact) mass is 462 g/mol. The number of aromatic nitrogens is 3. The van der Waals surface area contributed by atoms with Gasteiger partial charge in [0, 0.05) is 24.2 Å². The largest absolute Gasteiger partial charge is 0.497 e. The lowest BCUT2D eigenvalue weighted by atomic mass is 10.2. The number of thioether (sulfide) groups is 1. The molecule has 3 aromatic rings. The molecule has 1 amide bonds. The number of amides is 1. The van der Waals surface area contributed by atoms with Gasteiger partial charge in [-0.1, -0.05) is 35.5 Å². The molecule has 0 radical (unpaired) electrons. The van der Waals surface area contributed by atoms with E-state index < -0.39 is 0 Å². The van der Waals surface area contributed by atoms with Crippen molar-refractivity contribution in [2.75, 3.05) is 32.4 Å². The summed E-state index contributed by atoms with van der Waals surface area (Å²) in [6.07, 6.45) is 0. The maximum atomic E-state index is 12.6. The molecule has 10 heteroatoms. The number of hydrogen-bond donors (Lipinski definition) is 1. The topological polar surface area (TPSA) is 87.5 Å². The number of benzene rings is 2. The molecule has 0 spiro atoms. The molecule has 0 atom stereocenters. The average molecular weight is 463 g/mol. The van der Waals surface area contributed by atoms with E-state index in [0.29, 0.717) is 39.7 Å². The fourth-order valence-electron chi connectivity index (χ4n) is 2.93. The first kappa shape index (κ1) is 22.8. The molecule has 0 aliphatic heterocycles. The number of carbonyl (C=O) groups is 1. The normalized spacial score (nSPS) is 10.6. The quantitative estimate of drug-likeness (QED) is 0.472. The Hall–Kier alpha value is -2.91. The van der Waals surface area contributed by atoms with Crippen LogP contribution in [0.1, 0.15) is 6.92 Å². The van der Waals surface area contributed by atoms with Gasteiger partial charge in [0.05, 0.1) is 37.8 Å². The van der Waals surface area contributed by atoms with Gasteiger partial charge >= 0.3 is 0 Å². The van der Waals surface area contributed by atoms with E-state index in [9.17, 15) is 4.79 Å². The van der Waals surface area contributed by atoms with Crippen molar-refractivity contribution in [3.8, 4) is 28.6 Å². The predicted octanol–water partition coefficient (Wildman–Crippen LogP) is 4.38. The average Bonchev–Trinajstić information content (AvgIpc) is 3.21. The number of nitrogens with zero attached hydrogens (tertiary/aromatic N) is 3. The molecule has 0 aliphatic carbocycles.